The number of hydrogen-bond acceptors (Lipinski definition) is 2. The number of rotatable bonds is 1. The zero-order valence-electron chi connectivity index (χ0n) is 8.45. The fourth-order valence-corrected chi connectivity index (χ4v) is 2.04. The second-order valence-corrected chi connectivity index (χ2v) is 4.53. The Balaban J connectivity index is 2.79. The number of fused-ring (bicyclic) bond motifs is 1. The van der Waals surface area contributed by atoms with Gasteiger partial charge in [-0.2, -0.15) is 0 Å². The monoisotopic (exact) mass is 253 g/mol. The van der Waals surface area contributed by atoms with Crippen LogP contribution in [0.2, 0.25) is 0 Å². The van der Waals surface area contributed by atoms with Crippen molar-refractivity contribution in [3.63, 3.8) is 0 Å². The first-order valence-electron chi connectivity index (χ1n) is 4.59. The summed E-state index contributed by atoms with van der Waals surface area (Å²) in [5.74, 6) is 1.01. The molecule has 14 heavy (non-hydrogen) atoms. The normalized spacial score (nSPS) is 11.5. The second-order valence-electron chi connectivity index (χ2n) is 3.62. The molecule has 0 fully saturated rings. The van der Waals surface area contributed by atoms with Crippen molar-refractivity contribution in [2.75, 3.05) is 0 Å². The molecule has 0 amide bonds. The van der Waals surface area contributed by atoms with Gasteiger partial charge in [-0.25, -0.2) is 9.97 Å². The second kappa shape index (κ2) is 3.35. The van der Waals surface area contributed by atoms with E-state index in [0.717, 1.165) is 21.5 Å². The molecule has 3 nitrogen and oxygen atoms in total. The first kappa shape index (κ1) is 9.65. The Hall–Kier alpha value is -0.900. The van der Waals surface area contributed by atoms with Gasteiger partial charge in [0, 0.05) is 16.7 Å². The van der Waals surface area contributed by atoms with E-state index in [2.05, 4.69) is 50.4 Å². The molecule has 0 atom stereocenters. The summed E-state index contributed by atoms with van der Waals surface area (Å²) >= 11 is 3.42. The molecule has 2 rings (SSSR count). The van der Waals surface area contributed by atoms with Gasteiger partial charge in [0.1, 0.15) is 5.82 Å². The molecule has 0 aliphatic carbocycles. The Bertz CT molecular complexity index is 473. The van der Waals surface area contributed by atoms with E-state index in [1.165, 1.54) is 0 Å². The van der Waals surface area contributed by atoms with Crippen molar-refractivity contribution >= 4 is 27.1 Å². The van der Waals surface area contributed by atoms with Crippen LogP contribution in [0.25, 0.3) is 11.2 Å². The first-order valence-corrected chi connectivity index (χ1v) is 5.39. The van der Waals surface area contributed by atoms with Gasteiger partial charge in [0.15, 0.2) is 5.65 Å². The molecule has 2 heterocycles. The molecule has 74 valence electrons. The summed E-state index contributed by atoms with van der Waals surface area (Å²) in [5, 5.41) is 0. The number of halogens is 1. The van der Waals surface area contributed by atoms with E-state index in [1.807, 2.05) is 6.92 Å². The van der Waals surface area contributed by atoms with Crippen LogP contribution in [0, 0.1) is 6.92 Å². The molecule has 0 aliphatic rings. The van der Waals surface area contributed by atoms with Crippen molar-refractivity contribution < 1.29 is 0 Å². The minimum atomic E-state index is 0.413. The summed E-state index contributed by atoms with van der Waals surface area (Å²) in [4.78, 5) is 8.67. The zero-order valence-corrected chi connectivity index (χ0v) is 10.0. The summed E-state index contributed by atoms with van der Waals surface area (Å²) in [6.07, 6.45) is 1.78. The zero-order chi connectivity index (χ0) is 10.3. The number of nitrogens with zero attached hydrogens (tertiary/aromatic N) is 3. The van der Waals surface area contributed by atoms with Gasteiger partial charge in [0.05, 0.1) is 5.52 Å². The van der Waals surface area contributed by atoms with E-state index in [9.17, 15) is 0 Å². The molecule has 0 N–H and O–H groups in total. The lowest BCUT2D eigenvalue weighted by atomic mass is 10.3. The van der Waals surface area contributed by atoms with Gasteiger partial charge in [-0.15, -0.1) is 0 Å². The summed E-state index contributed by atoms with van der Waals surface area (Å²) in [7, 11) is 0. The van der Waals surface area contributed by atoms with Crippen molar-refractivity contribution in [2.24, 2.45) is 0 Å². The third-order valence-corrected chi connectivity index (χ3v) is 2.64. The van der Waals surface area contributed by atoms with Crippen molar-refractivity contribution in [1.29, 1.82) is 0 Å². The lowest BCUT2D eigenvalue weighted by Gasteiger charge is -2.10. The van der Waals surface area contributed by atoms with Crippen LogP contribution in [0.4, 0.5) is 0 Å². The average molecular weight is 254 g/mol. The van der Waals surface area contributed by atoms with Crippen LogP contribution in [-0.2, 0) is 0 Å². The summed E-state index contributed by atoms with van der Waals surface area (Å²) in [6, 6.07) is 2.47. The van der Waals surface area contributed by atoms with Gasteiger partial charge < -0.3 is 4.57 Å². The third kappa shape index (κ3) is 1.43. The van der Waals surface area contributed by atoms with Gasteiger partial charge >= 0.3 is 0 Å². The van der Waals surface area contributed by atoms with E-state index in [4.69, 9.17) is 0 Å². The molecule has 2 aromatic heterocycles. The predicted molar refractivity (Wildman–Crippen MR) is 60.4 cm³/mol. The molecular weight excluding hydrogens is 242 g/mol. The SMILES string of the molecule is Cc1nc2ncc(Br)cc2n1C(C)C. The van der Waals surface area contributed by atoms with Gasteiger partial charge in [-0.05, 0) is 42.8 Å². The molecule has 0 bridgehead atoms. The molecule has 0 spiro atoms. The fraction of sp³-hybridized carbons (Fsp3) is 0.400. The Morgan fingerprint density at radius 2 is 2.14 bits per heavy atom. The minimum absolute atomic E-state index is 0.413. The molecule has 0 unspecified atom stereocenters. The highest BCUT2D eigenvalue weighted by atomic mass is 79.9. The Labute approximate surface area is 91.3 Å². The molecule has 2 aromatic rings. The van der Waals surface area contributed by atoms with Crippen LogP contribution in [0.5, 0.6) is 0 Å². The number of aromatic nitrogens is 3. The molecular formula is C10H12BrN3. The van der Waals surface area contributed by atoms with E-state index < -0.39 is 0 Å². The van der Waals surface area contributed by atoms with Crippen LogP contribution in [0.15, 0.2) is 16.7 Å². The molecule has 0 aromatic carbocycles. The van der Waals surface area contributed by atoms with Gasteiger partial charge in [-0.1, -0.05) is 0 Å². The minimum Gasteiger partial charge on any atom is -0.324 e. The highest BCUT2D eigenvalue weighted by Crippen LogP contribution is 2.21. The van der Waals surface area contributed by atoms with Crippen molar-refractivity contribution in [1.82, 2.24) is 14.5 Å². The highest BCUT2D eigenvalue weighted by Gasteiger charge is 2.10. The molecule has 0 saturated heterocycles. The average Bonchev–Trinajstić information content (AvgIpc) is 2.40. The predicted octanol–water partition coefficient (Wildman–Crippen LogP) is 3.08. The molecule has 0 radical (unpaired) electrons. The summed E-state index contributed by atoms with van der Waals surface area (Å²) in [5.41, 5.74) is 1.91. The van der Waals surface area contributed by atoms with E-state index in [0.29, 0.717) is 6.04 Å². The first-order chi connectivity index (χ1) is 6.59. The quantitative estimate of drug-likeness (QED) is 0.782. The molecule has 0 saturated carbocycles. The van der Waals surface area contributed by atoms with Gasteiger partial charge in [0.2, 0.25) is 0 Å². The Kier molecular flexibility index (Phi) is 2.31. The van der Waals surface area contributed by atoms with Crippen molar-refractivity contribution in [3.05, 3.63) is 22.6 Å². The lowest BCUT2D eigenvalue weighted by Crippen LogP contribution is -2.02. The van der Waals surface area contributed by atoms with Crippen LogP contribution < -0.4 is 0 Å². The summed E-state index contributed by atoms with van der Waals surface area (Å²) in [6.45, 7) is 6.31. The van der Waals surface area contributed by atoms with Crippen LogP contribution in [-0.4, -0.2) is 14.5 Å². The maximum absolute atomic E-state index is 4.41. The fourth-order valence-electron chi connectivity index (χ4n) is 1.72. The number of imidazole rings is 1. The molecule has 4 heteroatoms. The van der Waals surface area contributed by atoms with Gasteiger partial charge in [0.25, 0.3) is 0 Å². The lowest BCUT2D eigenvalue weighted by molar-refractivity contribution is 0.600. The Morgan fingerprint density at radius 1 is 1.43 bits per heavy atom. The highest BCUT2D eigenvalue weighted by molar-refractivity contribution is 9.10. The summed E-state index contributed by atoms with van der Waals surface area (Å²) < 4.78 is 3.18. The van der Waals surface area contributed by atoms with Crippen LogP contribution >= 0.6 is 15.9 Å². The number of hydrogen-bond donors (Lipinski definition) is 0. The largest absolute Gasteiger partial charge is 0.324 e. The topological polar surface area (TPSA) is 30.7 Å². The smallest absolute Gasteiger partial charge is 0.177 e. The maximum Gasteiger partial charge on any atom is 0.177 e. The Morgan fingerprint density at radius 3 is 2.79 bits per heavy atom. The van der Waals surface area contributed by atoms with Crippen LogP contribution in [0.1, 0.15) is 25.7 Å². The van der Waals surface area contributed by atoms with E-state index >= 15 is 0 Å². The van der Waals surface area contributed by atoms with Crippen LogP contribution in [0.3, 0.4) is 0 Å². The van der Waals surface area contributed by atoms with Gasteiger partial charge in [-0.3, -0.25) is 0 Å². The number of aryl methyl sites for hydroxylation is 1. The van der Waals surface area contributed by atoms with E-state index in [1.54, 1.807) is 6.20 Å². The van der Waals surface area contributed by atoms with Crippen molar-refractivity contribution in [3.8, 4) is 0 Å². The standard InChI is InChI=1S/C10H12BrN3/c1-6(2)14-7(3)13-10-9(14)4-8(11)5-12-10/h4-6H,1-3H3. The number of pyridine rings is 1. The molecule has 0 aliphatic heterocycles. The maximum atomic E-state index is 4.41. The third-order valence-electron chi connectivity index (χ3n) is 2.21. The van der Waals surface area contributed by atoms with E-state index in [-0.39, 0.29) is 0 Å². The van der Waals surface area contributed by atoms with Crippen molar-refractivity contribution in [2.45, 2.75) is 26.8 Å².